The van der Waals surface area contributed by atoms with Crippen molar-refractivity contribution in [3.63, 3.8) is 0 Å². The molecule has 1 fully saturated rings. The number of carbonyl (C=O) groups excluding carboxylic acids is 2. The van der Waals surface area contributed by atoms with E-state index in [2.05, 4.69) is 63.1 Å². The van der Waals surface area contributed by atoms with Gasteiger partial charge in [-0.25, -0.2) is 0 Å². The number of rotatable bonds is 13. The minimum Gasteiger partial charge on any atom is -0.367 e. The third kappa shape index (κ3) is 8.55. The molecule has 1 saturated carbocycles. The van der Waals surface area contributed by atoms with E-state index in [1.54, 1.807) is 4.90 Å². The Labute approximate surface area is 247 Å². The molecule has 40 heavy (non-hydrogen) atoms. The molecule has 1 aliphatic rings. The molecule has 6 nitrogen and oxygen atoms in total. The summed E-state index contributed by atoms with van der Waals surface area (Å²) in [4.78, 5) is 31.0. The Bertz CT molecular complexity index is 1210. The van der Waals surface area contributed by atoms with Gasteiger partial charge in [0.2, 0.25) is 11.8 Å². The third-order valence-corrected chi connectivity index (χ3v) is 8.47. The fourth-order valence-corrected chi connectivity index (χ4v) is 5.65. The molecule has 0 spiro atoms. The highest BCUT2D eigenvalue weighted by molar-refractivity contribution is 9.10. The van der Waals surface area contributed by atoms with Crippen LogP contribution in [0.4, 0.5) is 0 Å². The molecule has 214 valence electrons. The van der Waals surface area contributed by atoms with E-state index >= 15 is 0 Å². The first-order chi connectivity index (χ1) is 19.4. The SMILES string of the molecule is CCC(C)N(CC(=O)N(Cc1cccn1Cc1ccc(Br)cc1)C1CCCCC1)C(=O)COCc1ccccc1. The average Bonchev–Trinajstić information content (AvgIpc) is 3.42. The fraction of sp³-hybridized carbons (Fsp3) is 0.455. The largest absolute Gasteiger partial charge is 0.367 e. The summed E-state index contributed by atoms with van der Waals surface area (Å²) in [6.45, 7) is 5.76. The van der Waals surface area contributed by atoms with Gasteiger partial charge in [0.1, 0.15) is 13.2 Å². The molecule has 7 heteroatoms. The Morgan fingerprint density at radius 2 is 1.68 bits per heavy atom. The lowest BCUT2D eigenvalue weighted by Gasteiger charge is -2.37. The molecule has 1 atom stereocenters. The van der Waals surface area contributed by atoms with E-state index in [0.717, 1.165) is 54.4 Å². The van der Waals surface area contributed by atoms with Crippen molar-refractivity contribution in [2.24, 2.45) is 0 Å². The van der Waals surface area contributed by atoms with Gasteiger partial charge in [0.05, 0.1) is 13.2 Å². The van der Waals surface area contributed by atoms with Gasteiger partial charge in [-0.3, -0.25) is 9.59 Å². The van der Waals surface area contributed by atoms with Crippen LogP contribution in [0.15, 0.2) is 77.4 Å². The highest BCUT2D eigenvalue weighted by Gasteiger charge is 2.30. The highest BCUT2D eigenvalue weighted by atomic mass is 79.9. The first-order valence-corrected chi connectivity index (χ1v) is 15.3. The van der Waals surface area contributed by atoms with E-state index in [0.29, 0.717) is 13.2 Å². The first kappa shape index (κ1) is 30.1. The Kier molecular flexibility index (Phi) is 11.4. The summed E-state index contributed by atoms with van der Waals surface area (Å²) >= 11 is 3.51. The smallest absolute Gasteiger partial charge is 0.249 e. The van der Waals surface area contributed by atoms with Crippen molar-refractivity contribution in [2.75, 3.05) is 13.2 Å². The summed E-state index contributed by atoms with van der Waals surface area (Å²) in [6, 6.07) is 22.5. The lowest BCUT2D eigenvalue weighted by molar-refractivity contribution is -0.147. The van der Waals surface area contributed by atoms with Crippen LogP contribution in [-0.4, -0.2) is 51.4 Å². The van der Waals surface area contributed by atoms with Crippen LogP contribution in [0.2, 0.25) is 0 Å². The van der Waals surface area contributed by atoms with Crippen molar-refractivity contribution in [3.05, 3.63) is 94.2 Å². The maximum Gasteiger partial charge on any atom is 0.249 e. The molecule has 0 bridgehead atoms. The summed E-state index contributed by atoms with van der Waals surface area (Å²) in [6.07, 6.45) is 8.37. The molecule has 1 heterocycles. The van der Waals surface area contributed by atoms with Crippen molar-refractivity contribution in [2.45, 2.75) is 84.2 Å². The van der Waals surface area contributed by atoms with Gasteiger partial charge in [-0.1, -0.05) is 84.6 Å². The molecule has 0 aliphatic heterocycles. The number of benzene rings is 2. The molecular weight excluding hydrogens is 566 g/mol. The summed E-state index contributed by atoms with van der Waals surface area (Å²) in [5.74, 6) is -0.124. The van der Waals surface area contributed by atoms with Crippen LogP contribution in [0.1, 0.15) is 69.2 Å². The molecule has 0 radical (unpaired) electrons. The van der Waals surface area contributed by atoms with Crippen molar-refractivity contribution in [3.8, 4) is 0 Å². The number of ether oxygens (including phenoxy) is 1. The molecular formula is C33H42BrN3O3. The Balaban J connectivity index is 1.46. The second-order valence-electron chi connectivity index (χ2n) is 10.8. The predicted octanol–water partition coefficient (Wildman–Crippen LogP) is 6.80. The second kappa shape index (κ2) is 15.2. The Morgan fingerprint density at radius 3 is 2.38 bits per heavy atom. The lowest BCUT2D eigenvalue weighted by Crippen LogP contribution is -2.50. The highest BCUT2D eigenvalue weighted by Crippen LogP contribution is 2.25. The zero-order valence-corrected chi connectivity index (χ0v) is 25.4. The average molecular weight is 609 g/mol. The van der Waals surface area contributed by atoms with E-state index in [1.807, 2.05) is 49.1 Å². The van der Waals surface area contributed by atoms with Crippen LogP contribution in [0.5, 0.6) is 0 Å². The molecule has 0 N–H and O–H groups in total. The maximum atomic E-state index is 14.0. The van der Waals surface area contributed by atoms with Crippen molar-refractivity contribution in [1.82, 2.24) is 14.4 Å². The van der Waals surface area contributed by atoms with Gasteiger partial charge in [-0.15, -0.1) is 0 Å². The van der Waals surface area contributed by atoms with Gasteiger partial charge >= 0.3 is 0 Å². The Morgan fingerprint density at radius 1 is 0.950 bits per heavy atom. The number of hydrogen-bond acceptors (Lipinski definition) is 3. The lowest BCUT2D eigenvalue weighted by atomic mass is 9.94. The number of nitrogens with zero attached hydrogens (tertiary/aromatic N) is 3. The van der Waals surface area contributed by atoms with Gasteiger partial charge in [-0.2, -0.15) is 0 Å². The van der Waals surface area contributed by atoms with E-state index in [1.165, 1.54) is 12.0 Å². The normalized spacial score (nSPS) is 14.6. The fourth-order valence-electron chi connectivity index (χ4n) is 5.38. The molecule has 3 aromatic rings. The van der Waals surface area contributed by atoms with Gasteiger partial charge in [0.15, 0.2) is 0 Å². The van der Waals surface area contributed by atoms with E-state index in [4.69, 9.17) is 4.74 Å². The number of amides is 2. The number of carbonyl (C=O) groups is 2. The minimum absolute atomic E-state index is 0.0139. The Hall–Kier alpha value is -2.90. The monoisotopic (exact) mass is 607 g/mol. The first-order valence-electron chi connectivity index (χ1n) is 14.5. The van der Waals surface area contributed by atoms with Crippen molar-refractivity contribution >= 4 is 27.7 Å². The number of halogens is 1. The van der Waals surface area contributed by atoms with Gasteiger partial charge in [0, 0.05) is 35.0 Å². The molecule has 0 saturated heterocycles. The quantitative estimate of drug-likeness (QED) is 0.215. The molecule has 2 aromatic carbocycles. The minimum atomic E-state index is -0.138. The predicted molar refractivity (Wildman–Crippen MR) is 163 cm³/mol. The molecule has 4 rings (SSSR count). The summed E-state index contributed by atoms with van der Waals surface area (Å²) in [7, 11) is 0. The van der Waals surface area contributed by atoms with Gasteiger partial charge < -0.3 is 19.1 Å². The van der Waals surface area contributed by atoms with Crippen LogP contribution in [-0.2, 0) is 34.0 Å². The van der Waals surface area contributed by atoms with E-state index < -0.39 is 0 Å². The number of hydrogen-bond donors (Lipinski definition) is 0. The topological polar surface area (TPSA) is 54.8 Å². The summed E-state index contributed by atoms with van der Waals surface area (Å²) < 4.78 is 9.04. The summed E-state index contributed by atoms with van der Waals surface area (Å²) in [5.41, 5.74) is 3.34. The zero-order chi connectivity index (χ0) is 28.3. The van der Waals surface area contributed by atoms with Gasteiger partial charge in [0.25, 0.3) is 0 Å². The van der Waals surface area contributed by atoms with Crippen LogP contribution >= 0.6 is 15.9 Å². The van der Waals surface area contributed by atoms with E-state index in [-0.39, 0.29) is 37.0 Å². The molecule has 1 aromatic heterocycles. The van der Waals surface area contributed by atoms with Crippen molar-refractivity contribution in [1.29, 1.82) is 0 Å². The van der Waals surface area contributed by atoms with Crippen LogP contribution < -0.4 is 0 Å². The van der Waals surface area contributed by atoms with Crippen LogP contribution in [0.3, 0.4) is 0 Å². The van der Waals surface area contributed by atoms with Crippen LogP contribution in [0, 0.1) is 0 Å². The molecule has 1 unspecified atom stereocenters. The third-order valence-electron chi connectivity index (χ3n) is 7.94. The molecule has 2 amide bonds. The van der Waals surface area contributed by atoms with Crippen molar-refractivity contribution < 1.29 is 14.3 Å². The maximum absolute atomic E-state index is 14.0. The second-order valence-corrected chi connectivity index (χ2v) is 11.7. The zero-order valence-electron chi connectivity index (χ0n) is 23.8. The van der Waals surface area contributed by atoms with Crippen LogP contribution in [0.25, 0.3) is 0 Å². The number of aromatic nitrogens is 1. The van der Waals surface area contributed by atoms with E-state index in [9.17, 15) is 9.59 Å². The van der Waals surface area contributed by atoms with Gasteiger partial charge in [-0.05, 0) is 61.6 Å². The summed E-state index contributed by atoms with van der Waals surface area (Å²) in [5, 5.41) is 0. The molecule has 1 aliphatic carbocycles. The standard InChI is InChI=1S/C33H42BrN3O3/c1-3-26(2)36(33(39)25-40-24-28-11-6-4-7-12-28)23-32(38)37(30-13-8-5-9-14-30)22-31-15-10-20-35(31)21-27-16-18-29(34)19-17-27/h4,6-7,10-12,15-20,26,30H,3,5,8-9,13-14,21-25H2,1-2H3.